The van der Waals surface area contributed by atoms with Crippen molar-refractivity contribution < 1.29 is 9.84 Å². The van der Waals surface area contributed by atoms with Crippen molar-refractivity contribution in [2.45, 2.75) is 0 Å². The van der Waals surface area contributed by atoms with Crippen LogP contribution in [0.15, 0.2) is 55.8 Å². The van der Waals surface area contributed by atoms with E-state index in [4.69, 9.17) is 4.74 Å². The Hall–Kier alpha value is -4.54. The maximum atomic E-state index is 12.5. The zero-order chi connectivity index (χ0) is 23.0. The first-order valence-electron chi connectivity index (χ1n) is 9.49. The van der Waals surface area contributed by atoms with Gasteiger partial charge in [0, 0.05) is 20.3 Å². The number of benzene rings is 2. The molecule has 0 bridgehead atoms. The Bertz CT molecular complexity index is 1520. The molecule has 0 amide bonds. The maximum Gasteiger partial charge on any atom is 0.335 e. The summed E-state index contributed by atoms with van der Waals surface area (Å²) in [5, 5.41) is 10.8. The number of aromatic amines is 3. The molecule has 11 nitrogen and oxygen atoms in total. The van der Waals surface area contributed by atoms with Gasteiger partial charge in [-0.3, -0.25) is 14.8 Å². The molecule has 11 heteroatoms. The molecule has 0 aliphatic heterocycles. The van der Waals surface area contributed by atoms with Crippen LogP contribution in [0.1, 0.15) is 5.56 Å². The standard InChI is InChI=1S/C21H20N6O5/c1-26(2)16-9-13-12(23-20(30)24-13)8-14(16)22-10-11-18(28)25-21(31)27(19(11)29)15-6-4-5-7-17(15)32-3/h4-10,29H,1-3H3,(H2,23,24,30)(H,25,28,31). The van der Waals surface area contributed by atoms with E-state index in [9.17, 15) is 19.5 Å². The third-order valence-corrected chi connectivity index (χ3v) is 4.87. The molecule has 2 aromatic carbocycles. The SMILES string of the molecule is COc1ccccc1-n1c(O)c(C=Nc2cc3[nH]c(=O)[nH]c3cc2N(C)C)c(=O)[nH]c1=O. The minimum Gasteiger partial charge on any atom is -0.495 e. The van der Waals surface area contributed by atoms with Crippen LogP contribution in [-0.2, 0) is 0 Å². The third-order valence-electron chi connectivity index (χ3n) is 4.87. The molecule has 4 rings (SSSR count). The van der Waals surface area contributed by atoms with Crippen LogP contribution in [0.2, 0.25) is 0 Å². The van der Waals surface area contributed by atoms with Crippen LogP contribution in [0.4, 0.5) is 11.4 Å². The van der Waals surface area contributed by atoms with Crippen molar-refractivity contribution in [2.75, 3.05) is 26.1 Å². The lowest BCUT2D eigenvalue weighted by molar-refractivity contribution is 0.401. The summed E-state index contributed by atoms with van der Waals surface area (Å²) >= 11 is 0. The fraction of sp³-hybridized carbons (Fsp3) is 0.143. The molecule has 0 aliphatic rings. The Morgan fingerprint density at radius 1 is 1.06 bits per heavy atom. The number of imidazole rings is 1. The van der Waals surface area contributed by atoms with Crippen LogP contribution in [0.3, 0.4) is 0 Å². The van der Waals surface area contributed by atoms with Crippen LogP contribution in [0.5, 0.6) is 11.6 Å². The largest absolute Gasteiger partial charge is 0.495 e. The van der Waals surface area contributed by atoms with E-state index in [-0.39, 0.29) is 16.9 Å². The highest BCUT2D eigenvalue weighted by Crippen LogP contribution is 2.31. The van der Waals surface area contributed by atoms with E-state index in [1.165, 1.54) is 13.3 Å². The third kappa shape index (κ3) is 3.55. The molecule has 0 spiro atoms. The zero-order valence-corrected chi connectivity index (χ0v) is 17.5. The van der Waals surface area contributed by atoms with Crippen molar-refractivity contribution in [1.82, 2.24) is 19.5 Å². The second-order valence-corrected chi connectivity index (χ2v) is 7.12. The van der Waals surface area contributed by atoms with Crippen LogP contribution < -0.4 is 26.6 Å². The fourth-order valence-electron chi connectivity index (χ4n) is 3.35. The van der Waals surface area contributed by atoms with Gasteiger partial charge < -0.3 is 24.7 Å². The first-order chi connectivity index (χ1) is 15.3. The van der Waals surface area contributed by atoms with Gasteiger partial charge in [0.2, 0.25) is 5.88 Å². The van der Waals surface area contributed by atoms with E-state index in [1.54, 1.807) is 55.4 Å². The summed E-state index contributed by atoms with van der Waals surface area (Å²) < 4.78 is 6.19. The molecule has 0 radical (unpaired) electrons. The van der Waals surface area contributed by atoms with Gasteiger partial charge in [0.25, 0.3) is 5.56 Å². The number of hydrogen-bond donors (Lipinski definition) is 4. The van der Waals surface area contributed by atoms with Gasteiger partial charge in [-0.1, -0.05) is 12.1 Å². The van der Waals surface area contributed by atoms with Crippen LogP contribution >= 0.6 is 0 Å². The Morgan fingerprint density at radius 3 is 2.44 bits per heavy atom. The molecule has 0 aliphatic carbocycles. The van der Waals surface area contributed by atoms with E-state index < -0.39 is 17.1 Å². The summed E-state index contributed by atoms with van der Waals surface area (Å²) in [4.78, 5) is 50.2. The molecular formula is C21H20N6O5. The number of aliphatic imine (C=N–C) groups is 1. The minimum atomic E-state index is -0.825. The highest BCUT2D eigenvalue weighted by molar-refractivity contribution is 5.91. The lowest BCUT2D eigenvalue weighted by atomic mass is 10.2. The van der Waals surface area contributed by atoms with Gasteiger partial charge in [-0.2, -0.15) is 0 Å². The number of nitrogens with one attached hydrogen (secondary N) is 3. The first kappa shape index (κ1) is 20.7. The number of nitrogens with zero attached hydrogens (tertiary/aromatic N) is 3. The number of aromatic nitrogens is 4. The monoisotopic (exact) mass is 436 g/mol. The molecular weight excluding hydrogens is 416 g/mol. The van der Waals surface area contributed by atoms with Gasteiger partial charge in [0.05, 0.1) is 35.2 Å². The molecule has 0 saturated heterocycles. The summed E-state index contributed by atoms with van der Waals surface area (Å²) in [7, 11) is 5.04. The summed E-state index contributed by atoms with van der Waals surface area (Å²) in [6.45, 7) is 0. The minimum absolute atomic E-state index is 0.220. The highest BCUT2D eigenvalue weighted by Gasteiger charge is 2.17. The number of anilines is 1. The molecule has 0 atom stereocenters. The van der Waals surface area contributed by atoms with Crippen LogP contribution in [0, 0.1) is 0 Å². The molecule has 4 N–H and O–H groups in total. The summed E-state index contributed by atoms with van der Waals surface area (Å²) in [6.07, 6.45) is 1.17. The van der Waals surface area contributed by atoms with E-state index in [2.05, 4.69) is 19.9 Å². The second kappa shape index (κ2) is 7.95. The molecule has 0 fully saturated rings. The van der Waals surface area contributed by atoms with E-state index in [0.29, 0.717) is 28.2 Å². The van der Waals surface area contributed by atoms with Gasteiger partial charge in [-0.05, 0) is 24.3 Å². The van der Waals surface area contributed by atoms with Crippen LogP contribution in [-0.4, -0.2) is 52.0 Å². The van der Waals surface area contributed by atoms with Gasteiger partial charge in [-0.25, -0.2) is 14.2 Å². The molecule has 164 valence electrons. The number of rotatable bonds is 5. The summed E-state index contributed by atoms with van der Waals surface area (Å²) in [5.41, 5.74) is 0.284. The predicted octanol–water partition coefficient (Wildman–Crippen LogP) is 1.23. The van der Waals surface area contributed by atoms with Gasteiger partial charge in [0.15, 0.2) is 0 Å². The number of ether oxygens (including phenoxy) is 1. The summed E-state index contributed by atoms with van der Waals surface area (Å²) in [6, 6.07) is 9.94. The Balaban J connectivity index is 1.89. The molecule has 0 unspecified atom stereocenters. The Labute approximate surface area is 180 Å². The molecule has 4 aromatic rings. The number of aromatic hydroxyl groups is 1. The lowest BCUT2D eigenvalue weighted by Gasteiger charge is -2.15. The number of fused-ring (bicyclic) bond motifs is 1. The van der Waals surface area contributed by atoms with Crippen molar-refractivity contribution in [2.24, 2.45) is 4.99 Å². The second-order valence-electron chi connectivity index (χ2n) is 7.12. The Kier molecular flexibility index (Phi) is 5.15. The number of hydrogen-bond acceptors (Lipinski definition) is 7. The fourth-order valence-corrected chi connectivity index (χ4v) is 3.35. The van der Waals surface area contributed by atoms with E-state index in [0.717, 1.165) is 4.57 Å². The van der Waals surface area contributed by atoms with Gasteiger partial charge >= 0.3 is 11.4 Å². The summed E-state index contributed by atoms with van der Waals surface area (Å²) in [5.74, 6) is -0.258. The van der Waals surface area contributed by atoms with Gasteiger partial charge in [-0.15, -0.1) is 0 Å². The average molecular weight is 436 g/mol. The Morgan fingerprint density at radius 2 is 1.75 bits per heavy atom. The quantitative estimate of drug-likeness (QED) is 0.346. The van der Waals surface area contributed by atoms with Crippen molar-refractivity contribution in [3.05, 3.63) is 73.3 Å². The normalized spacial score (nSPS) is 11.3. The number of para-hydroxylation sites is 2. The van der Waals surface area contributed by atoms with Crippen LogP contribution in [0.25, 0.3) is 16.7 Å². The van der Waals surface area contributed by atoms with Crippen molar-refractivity contribution in [1.29, 1.82) is 0 Å². The number of H-pyrrole nitrogens is 3. The first-order valence-corrected chi connectivity index (χ1v) is 9.49. The topological polar surface area (TPSA) is 149 Å². The lowest BCUT2D eigenvalue weighted by Crippen LogP contribution is -2.31. The average Bonchev–Trinajstić information content (AvgIpc) is 3.11. The molecule has 0 saturated carbocycles. The highest BCUT2D eigenvalue weighted by atomic mass is 16.5. The van der Waals surface area contributed by atoms with Gasteiger partial charge in [0.1, 0.15) is 11.3 Å². The van der Waals surface area contributed by atoms with Crippen molar-refractivity contribution in [3.63, 3.8) is 0 Å². The molecule has 2 heterocycles. The molecule has 2 aromatic heterocycles. The number of methoxy groups -OCH3 is 1. The smallest absolute Gasteiger partial charge is 0.335 e. The van der Waals surface area contributed by atoms with E-state index in [1.807, 2.05) is 0 Å². The predicted molar refractivity (Wildman–Crippen MR) is 121 cm³/mol. The van der Waals surface area contributed by atoms with E-state index >= 15 is 0 Å². The maximum absolute atomic E-state index is 12.5. The van der Waals surface area contributed by atoms with Crippen molar-refractivity contribution in [3.8, 4) is 17.3 Å². The molecule has 32 heavy (non-hydrogen) atoms. The van der Waals surface area contributed by atoms with Crippen molar-refractivity contribution >= 4 is 28.6 Å². The zero-order valence-electron chi connectivity index (χ0n) is 17.5.